The van der Waals surface area contributed by atoms with E-state index in [9.17, 15) is 19.5 Å². The molecular weight excluding hydrogens is 378 g/mol. The highest BCUT2D eigenvalue weighted by atomic mass is 32.2. The van der Waals surface area contributed by atoms with E-state index in [2.05, 4.69) is 0 Å². The molecule has 3 saturated heterocycles. The van der Waals surface area contributed by atoms with E-state index in [0.717, 1.165) is 12.8 Å². The first-order valence-corrected chi connectivity index (χ1v) is 9.84. The third-order valence-electron chi connectivity index (χ3n) is 5.17. The topological polar surface area (TPSA) is 112 Å². The lowest BCUT2D eigenvalue weighted by Crippen LogP contribution is -2.60. The van der Waals surface area contributed by atoms with Gasteiger partial charge in [-0.15, -0.1) is 0 Å². The van der Waals surface area contributed by atoms with Crippen LogP contribution in [0.5, 0.6) is 0 Å². The summed E-state index contributed by atoms with van der Waals surface area (Å²) in [6.07, 6.45) is -1.42. The predicted octanol–water partition coefficient (Wildman–Crippen LogP) is 0.756. The smallest absolute Gasteiger partial charge is 0.457 e. The average Bonchev–Trinajstić information content (AvgIpc) is 3.29. The molecule has 148 valence electrons. The monoisotopic (exact) mass is 399 g/mol. The summed E-state index contributed by atoms with van der Waals surface area (Å²) < 4.78 is 20.8. The molecule has 0 aromatic rings. The average molecular weight is 399 g/mol. The molecule has 9 nitrogen and oxygen atoms in total. The van der Waals surface area contributed by atoms with Crippen LogP contribution in [-0.2, 0) is 28.5 Å². The van der Waals surface area contributed by atoms with Crippen LogP contribution in [0.3, 0.4) is 0 Å². The molecule has 10 heteroatoms. The minimum absolute atomic E-state index is 0.161. The molecule has 0 aromatic carbocycles. The number of thioether (sulfide) groups is 1. The number of rotatable bonds is 5. The van der Waals surface area contributed by atoms with Gasteiger partial charge >= 0.3 is 12.1 Å². The van der Waals surface area contributed by atoms with Gasteiger partial charge in [0.05, 0.1) is 18.1 Å². The minimum atomic E-state index is -0.803. The van der Waals surface area contributed by atoms with Gasteiger partial charge in [-0.3, -0.25) is 9.69 Å². The highest BCUT2D eigenvalue weighted by Gasteiger charge is 2.59. The Hall–Kier alpha value is -1.78. The van der Waals surface area contributed by atoms with E-state index in [-0.39, 0.29) is 29.7 Å². The molecule has 1 N–H and O–H groups in total. The Labute approximate surface area is 159 Å². The molecule has 4 heterocycles. The van der Waals surface area contributed by atoms with Crippen LogP contribution >= 0.6 is 11.8 Å². The molecule has 4 aliphatic heterocycles. The second kappa shape index (κ2) is 6.99. The van der Waals surface area contributed by atoms with Crippen molar-refractivity contribution in [1.82, 2.24) is 4.90 Å². The number of aliphatic hydroxyl groups is 1. The number of esters is 1. The van der Waals surface area contributed by atoms with Crippen molar-refractivity contribution in [3.8, 4) is 0 Å². The van der Waals surface area contributed by atoms with Gasteiger partial charge in [0.1, 0.15) is 23.8 Å². The quantitative estimate of drug-likeness (QED) is 0.529. The van der Waals surface area contributed by atoms with Gasteiger partial charge in [0.25, 0.3) is 0 Å². The third-order valence-corrected chi connectivity index (χ3v) is 6.63. The number of hydrogen-bond acceptors (Lipinski definition) is 9. The van der Waals surface area contributed by atoms with Crippen molar-refractivity contribution in [3.05, 3.63) is 10.6 Å². The molecule has 1 amide bonds. The molecule has 0 spiro atoms. The number of aliphatic hydroxyl groups excluding tert-OH is 1. The van der Waals surface area contributed by atoms with E-state index < -0.39 is 36.4 Å². The second-order valence-electron chi connectivity index (χ2n) is 7.03. The largest absolute Gasteiger partial charge is 0.509 e. The predicted molar refractivity (Wildman–Crippen MR) is 91.2 cm³/mol. The fourth-order valence-electron chi connectivity index (χ4n) is 3.68. The first-order chi connectivity index (χ1) is 12.9. The molecular formula is C17H21NO8S. The molecule has 0 aliphatic carbocycles. The number of carbonyl (C=O) groups is 3. The first kappa shape index (κ1) is 18.6. The summed E-state index contributed by atoms with van der Waals surface area (Å²) in [5.74, 6) is -1.52. The lowest BCUT2D eigenvalue weighted by atomic mass is 9.92. The van der Waals surface area contributed by atoms with E-state index in [1.54, 1.807) is 13.8 Å². The van der Waals surface area contributed by atoms with Crippen LogP contribution in [-0.4, -0.2) is 71.0 Å². The molecule has 3 fully saturated rings. The van der Waals surface area contributed by atoms with Crippen molar-refractivity contribution in [3.63, 3.8) is 0 Å². The lowest BCUT2D eigenvalue weighted by Gasteiger charge is -2.43. The molecule has 4 rings (SSSR count). The summed E-state index contributed by atoms with van der Waals surface area (Å²) in [4.78, 5) is 38.5. The zero-order valence-corrected chi connectivity index (χ0v) is 15.8. The Morgan fingerprint density at radius 1 is 1.41 bits per heavy atom. The van der Waals surface area contributed by atoms with Gasteiger partial charge in [0.15, 0.2) is 6.10 Å². The fraction of sp³-hybridized carbons (Fsp3) is 0.706. The molecule has 27 heavy (non-hydrogen) atoms. The molecule has 0 radical (unpaired) electrons. The van der Waals surface area contributed by atoms with Crippen molar-refractivity contribution in [1.29, 1.82) is 0 Å². The number of cyclic esters (lactones) is 2. The van der Waals surface area contributed by atoms with Crippen molar-refractivity contribution in [2.75, 3.05) is 13.2 Å². The first-order valence-electron chi connectivity index (χ1n) is 8.96. The minimum Gasteiger partial charge on any atom is -0.457 e. The number of amides is 1. The molecule has 0 unspecified atom stereocenters. The van der Waals surface area contributed by atoms with Crippen LogP contribution in [0.2, 0.25) is 0 Å². The van der Waals surface area contributed by atoms with Gasteiger partial charge < -0.3 is 24.1 Å². The Morgan fingerprint density at radius 3 is 2.78 bits per heavy atom. The number of fused-ring (bicyclic) bond motifs is 1. The van der Waals surface area contributed by atoms with Gasteiger partial charge in [-0.1, -0.05) is 11.8 Å². The standard InChI is InChI=1S/C17H21NO8S/c1-7(19)11-14(20)18-12(13(27-15(11)18)9-4-3-5-23-9)16(21)24-6-10-8(2)25-17(22)26-10/h7-11,15,19H,3-6H2,1-2H3/t7-,8-,9-,10+,11+,15-/m1/s1. The van der Waals surface area contributed by atoms with Crippen LogP contribution in [0, 0.1) is 5.92 Å². The third kappa shape index (κ3) is 3.09. The zero-order valence-electron chi connectivity index (χ0n) is 15.0. The lowest BCUT2D eigenvalue weighted by molar-refractivity contribution is -0.159. The Balaban J connectivity index is 1.51. The summed E-state index contributed by atoms with van der Waals surface area (Å²) in [5, 5.41) is 9.55. The van der Waals surface area contributed by atoms with Crippen molar-refractivity contribution < 1.29 is 38.4 Å². The van der Waals surface area contributed by atoms with Crippen molar-refractivity contribution in [2.24, 2.45) is 5.92 Å². The molecule has 0 bridgehead atoms. The molecule has 0 saturated carbocycles. The summed E-state index contributed by atoms with van der Waals surface area (Å²) in [5.41, 5.74) is 0.177. The number of carbonyl (C=O) groups excluding carboxylic acids is 3. The number of nitrogens with zero attached hydrogens (tertiary/aromatic N) is 1. The highest BCUT2D eigenvalue weighted by molar-refractivity contribution is 8.04. The summed E-state index contributed by atoms with van der Waals surface area (Å²) in [6, 6.07) is 0. The van der Waals surface area contributed by atoms with E-state index in [0.29, 0.717) is 11.5 Å². The van der Waals surface area contributed by atoms with Gasteiger partial charge in [-0.25, -0.2) is 9.59 Å². The van der Waals surface area contributed by atoms with Gasteiger partial charge in [0.2, 0.25) is 5.91 Å². The van der Waals surface area contributed by atoms with E-state index in [1.807, 2.05) is 0 Å². The summed E-state index contributed by atoms with van der Waals surface area (Å²) in [6.45, 7) is 3.65. The molecule has 4 aliphatic rings. The zero-order chi connectivity index (χ0) is 19.3. The second-order valence-corrected chi connectivity index (χ2v) is 8.18. The van der Waals surface area contributed by atoms with Gasteiger partial charge in [-0.2, -0.15) is 0 Å². The maximum Gasteiger partial charge on any atom is 0.509 e. The van der Waals surface area contributed by atoms with Gasteiger partial charge in [-0.05, 0) is 26.7 Å². The Kier molecular flexibility index (Phi) is 4.81. The van der Waals surface area contributed by atoms with Crippen LogP contribution in [0.15, 0.2) is 10.6 Å². The maximum atomic E-state index is 12.8. The number of hydrogen-bond donors (Lipinski definition) is 1. The van der Waals surface area contributed by atoms with Crippen LogP contribution in [0.1, 0.15) is 26.7 Å². The SMILES string of the molecule is C[C@@H](O)[C@H]1C(=O)N2C(C(=O)OC[C@@H]3OC(=O)O[C@@H]3C)=C([C@H]3CCCO3)S[C@H]12. The Bertz CT molecular complexity index is 701. The van der Waals surface area contributed by atoms with E-state index in [4.69, 9.17) is 18.9 Å². The van der Waals surface area contributed by atoms with Crippen LogP contribution < -0.4 is 0 Å². The Morgan fingerprint density at radius 2 is 2.19 bits per heavy atom. The highest BCUT2D eigenvalue weighted by Crippen LogP contribution is 2.52. The summed E-state index contributed by atoms with van der Waals surface area (Å²) >= 11 is 1.38. The van der Waals surface area contributed by atoms with E-state index >= 15 is 0 Å². The van der Waals surface area contributed by atoms with Crippen LogP contribution in [0.25, 0.3) is 0 Å². The molecule has 0 aromatic heterocycles. The number of ether oxygens (including phenoxy) is 4. The van der Waals surface area contributed by atoms with Crippen molar-refractivity contribution in [2.45, 2.75) is 56.5 Å². The van der Waals surface area contributed by atoms with Gasteiger partial charge in [0, 0.05) is 11.5 Å². The normalized spacial score (nSPS) is 36.3. The maximum absolute atomic E-state index is 12.8. The van der Waals surface area contributed by atoms with E-state index in [1.165, 1.54) is 16.7 Å². The van der Waals surface area contributed by atoms with Crippen molar-refractivity contribution >= 4 is 29.8 Å². The fourth-order valence-corrected chi connectivity index (χ4v) is 5.38. The molecule has 6 atom stereocenters. The number of β-lactam (4-membered cyclic amide) rings is 1. The summed E-state index contributed by atoms with van der Waals surface area (Å²) in [7, 11) is 0. The van der Waals surface area contributed by atoms with Crippen LogP contribution in [0.4, 0.5) is 4.79 Å².